The number of carbonyl (C=O) groups is 2. The van der Waals surface area contributed by atoms with Crippen molar-refractivity contribution in [3.63, 3.8) is 0 Å². The lowest BCUT2D eigenvalue weighted by Gasteiger charge is -2.16. The summed E-state index contributed by atoms with van der Waals surface area (Å²) in [5.74, 6) is 0. The molecular weight excluding hydrogens is 757 g/mol. The van der Waals surface area contributed by atoms with E-state index in [0.717, 1.165) is 63.2 Å². The standard InChI is InChI=1S/C46H92O7P3/c1-5-9-13-17-21-31-39-54(40-32-22-18-14-10-6-2)45(47)43-50-35-27-25-29-37-52-56(49)53-38-30-26-28-36-51-44-46(48)55(41-33-23-19-15-11-7-3)42-34-24-20-16-12-8-4/h5-44H2,1-4H3/q+1. The van der Waals surface area contributed by atoms with Crippen molar-refractivity contribution in [1.82, 2.24) is 0 Å². The van der Waals surface area contributed by atoms with Gasteiger partial charge in [-0.15, -0.1) is 9.05 Å². The zero-order chi connectivity index (χ0) is 41.0. The molecule has 0 aliphatic rings. The molecule has 0 fully saturated rings. The highest BCUT2D eigenvalue weighted by atomic mass is 31.1. The Balaban J connectivity index is 4.02. The lowest BCUT2D eigenvalue weighted by atomic mass is 10.1. The molecule has 0 radical (unpaired) electrons. The Kier molecular flexibility index (Phi) is 46.3. The summed E-state index contributed by atoms with van der Waals surface area (Å²) < 4.78 is 34.6. The first-order valence-corrected chi connectivity index (χ1v) is 28.5. The second kappa shape index (κ2) is 46.2. The third-order valence-electron chi connectivity index (χ3n) is 10.5. The minimum absolute atomic E-state index is 0.262. The van der Waals surface area contributed by atoms with Gasteiger partial charge in [-0.2, -0.15) is 0 Å². The predicted octanol–water partition coefficient (Wildman–Crippen LogP) is 15.5. The molecule has 0 aliphatic carbocycles. The summed E-state index contributed by atoms with van der Waals surface area (Å²) in [6.07, 6.45) is 40.0. The van der Waals surface area contributed by atoms with E-state index in [1.807, 2.05) is 0 Å². The van der Waals surface area contributed by atoms with E-state index in [1.54, 1.807) is 0 Å². The fraction of sp³-hybridized carbons (Fsp3) is 0.957. The van der Waals surface area contributed by atoms with Gasteiger partial charge in [0.25, 0.3) is 0 Å². The van der Waals surface area contributed by atoms with E-state index in [9.17, 15) is 14.2 Å². The molecule has 56 heavy (non-hydrogen) atoms. The zero-order valence-corrected chi connectivity index (χ0v) is 40.2. The van der Waals surface area contributed by atoms with Crippen LogP contribution >= 0.6 is 24.1 Å². The average Bonchev–Trinajstić information content (AvgIpc) is 3.20. The Bertz CT molecular complexity index is 765. The largest absolute Gasteiger partial charge is 0.697 e. The lowest BCUT2D eigenvalue weighted by Crippen LogP contribution is -2.11. The van der Waals surface area contributed by atoms with Crippen molar-refractivity contribution in [2.45, 2.75) is 220 Å². The molecule has 0 N–H and O–H groups in total. The Labute approximate surface area is 351 Å². The number of unbranched alkanes of at least 4 members (excludes halogenated alkanes) is 24. The van der Waals surface area contributed by atoms with Crippen molar-refractivity contribution >= 4 is 35.1 Å². The Morgan fingerprint density at radius 2 is 0.607 bits per heavy atom. The first-order chi connectivity index (χ1) is 27.5. The van der Waals surface area contributed by atoms with Crippen LogP contribution in [0.4, 0.5) is 0 Å². The fourth-order valence-corrected chi connectivity index (χ4v) is 11.9. The van der Waals surface area contributed by atoms with Crippen LogP contribution in [-0.2, 0) is 32.7 Å². The topological polar surface area (TPSA) is 88.1 Å². The second-order valence-corrected chi connectivity index (χ2v) is 21.9. The molecule has 0 saturated heterocycles. The summed E-state index contributed by atoms with van der Waals surface area (Å²) >= 11 is 0. The van der Waals surface area contributed by atoms with Gasteiger partial charge in [0, 0.05) is 17.8 Å². The fourth-order valence-electron chi connectivity index (χ4n) is 6.84. The van der Waals surface area contributed by atoms with Crippen LogP contribution in [0.3, 0.4) is 0 Å². The zero-order valence-electron chi connectivity index (χ0n) is 37.5. The molecule has 0 aliphatic heterocycles. The van der Waals surface area contributed by atoms with Crippen molar-refractivity contribution in [3.8, 4) is 0 Å². The van der Waals surface area contributed by atoms with E-state index in [2.05, 4.69) is 27.7 Å². The van der Waals surface area contributed by atoms with Crippen LogP contribution in [0.25, 0.3) is 0 Å². The molecular formula is C46H92O7P3+. The molecule has 0 aromatic heterocycles. The van der Waals surface area contributed by atoms with Gasteiger partial charge in [0.1, 0.15) is 26.4 Å². The van der Waals surface area contributed by atoms with Crippen molar-refractivity contribution < 1.29 is 32.7 Å². The number of carbonyl (C=O) groups excluding carboxylic acids is 2. The third kappa shape index (κ3) is 39.6. The molecule has 332 valence electrons. The molecule has 0 aromatic carbocycles. The maximum Gasteiger partial charge on any atom is 0.697 e. The minimum atomic E-state index is -2.11. The van der Waals surface area contributed by atoms with Gasteiger partial charge in [-0.25, -0.2) is 0 Å². The van der Waals surface area contributed by atoms with Crippen LogP contribution < -0.4 is 0 Å². The summed E-state index contributed by atoms with van der Waals surface area (Å²) in [7, 11) is -3.27. The predicted molar refractivity (Wildman–Crippen MR) is 246 cm³/mol. The average molecular weight is 850 g/mol. The molecule has 0 bridgehead atoms. The van der Waals surface area contributed by atoms with E-state index in [0.29, 0.717) is 37.5 Å². The first kappa shape index (κ1) is 56.1. The molecule has 0 atom stereocenters. The monoisotopic (exact) mass is 850 g/mol. The maximum absolute atomic E-state index is 13.0. The number of hydrogen-bond donors (Lipinski definition) is 0. The molecule has 0 spiro atoms. The maximum atomic E-state index is 13.0. The van der Waals surface area contributed by atoms with E-state index in [-0.39, 0.29) is 13.2 Å². The summed E-state index contributed by atoms with van der Waals surface area (Å²) in [5.41, 5.74) is 0.702. The van der Waals surface area contributed by atoms with Crippen LogP contribution in [0.2, 0.25) is 0 Å². The molecule has 0 rings (SSSR count). The Morgan fingerprint density at radius 3 is 0.911 bits per heavy atom. The van der Waals surface area contributed by atoms with Crippen LogP contribution in [0, 0.1) is 0 Å². The minimum Gasteiger partial charge on any atom is -0.373 e. The summed E-state index contributed by atoms with van der Waals surface area (Å²) in [5, 5.41) is 0. The van der Waals surface area contributed by atoms with E-state index < -0.39 is 24.1 Å². The van der Waals surface area contributed by atoms with Crippen LogP contribution in [0.5, 0.6) is 0 Å². The molecule has 0 unspecified atom stereocenters. The van der Waals surface area contributed by atoms with Crippen molar-refractivity contribution in [2.75, 3.05) is 64.3 Å². The van der Waals surface area contributed by atoms with E-state index in [4.69, 9.17) is 18.5 Å². The Morgan fingerprint density at radius 1 is 0.357 bits per heavy atom. The van der Waals surface area contributed by atoms with Gasteiger partial charge in [0.15, 0.2) is 11.0 Å². The van der Waals surface area contributed by atoms with Crippen molar-refractivity contribution in [1.29, 1.82) is 0 Å². The van der Waals surface area contributed by atoms with E-state index >= 15 is 0 Å². The van der Waals surface area contributed by atoms with Crippen molar-refractivity contribution in [3.05, 3.63) is 0 Å². The molecule has 0 aromatic rings. The quantitative estimate of drug-likeness (QED) is 0.0445. The van der Waals surface area contributed by atoms with Gasteiger partial charge in [-0.05, 0) is 105 Å². The van der Waals surface area contributed by atoms with Gasteiger partial charge >= 0.3 is 8.25 Å². The van der Waals surface area contributed by atoms with Gasteiger partial charge in [-0.3, -0.25) is 9.59 Å². The highest BCUT2D eigenvalue weighted by Crippen LogP contribution is 2.40. The molecule has 0 amide bonds. The molecule has 0 heterocycles. The second-order valence-electron chi connectivity index (χ2n) is 15.9. The normalized spacial score (nSPS) is 11.7. The smallest absolute Gasteiger partial charge is 0.373 e. The van der Waals surface area contributed by atoms with Gasteiger partial charge in [0.2, 0.25) is 0 Å². The van der Waals surface area contributed by atoms with E-state index in [1.165, 1.54) is 154 Å². The van der Waals surface area contributed by atoms with Crippen molar-refractivity contribution in [2.24, 2.45) is 0 Å². The van der Waals surface area contributed by atoms with Crippen LogP contribution in [0.1, 0.15) is 220 Å². The summed E-state index contributed by atoms with van der Waals surface area (Å²) in [4.78, 5) is 26.1. The summed E-state index contributed by atoms with van der Waals surface area (Å²) in [6.45, 7) is 11.5. The number of hydrogen-bond acceptors (Lipinski definition) is 7. The first-order valence-electron chi connectivity index (χ1n) is 23.9. The summed E-state index contributed by atoms with van der Waals surface area (Å²) in [6, 6.07) is 0. The van der Waals surface area contributed by atoms with Gasteiger partial charge in [-0.1, -0.05) is 156 Å². The molecule has 10 heteroatoms. The lowest BCUT2D eigenvalue weighted by molar-refractivity contribution is -0.116. The SMILES string of the molecule is CCCCCCCCP(CCCCCCCC)C(=O)COCCCCCO[P+](=O)OCCCCCOCC(=O)P(CCCCCCCC)CCCCCCCC. The molecule has 0 saturated carbocycles. The van der Waals surface area contributed by atoms with Gasteiger partial charge in [0.05, 0.1) is 0 Å². The highest BCUT2D eigenvalue weighted by Gasteiger charge is 2.20. The highest BCUT2D eigenvalue weighted by molar-refractivity contribution is 7.75. The van der Waals surface area contributed by atoms with Crippen LogP contribution in [0.15, 0.2) is 0 Å². The number of ether oxygens (including phenoxy) is 2. The van der Waals surface area contributed by atoms with Crippen LogP contribution in [-0.4, -0.2) is 75.3 Å². The third-order valence-corrected chi connectivity index (χ3v) is 16.4. The van der Waals surface area contributed by atoms with Gasteiger partial charge < -0.3 is 9.47 Å². The Hall–Kier alpha value is 0.140. The number of rotatable bonds is 48. The molecule has 7 nitrogen and oxygen atoms in total.